The Morgan fingerprint density at radius 1 is 1.46 bits per heavy atom. The van der Waals surface area contributed by atoms with E-state index in [2.05, 4.69) is 16.6 Å². The summed E-state index contributed by atoms with van der Waals surface area (Å²) >= 11 is 0. The van der Waals surface area contributed by atoms with Crippen molar-refractivity contribution in [3.63, 3.8) is 0 Å². The quantitative estimate of drug-likeness (QED) is 0.366. The summed E-state index contributed by atoms with van der Waals surface area (Å²) in [4.78, 5) is 23.1. The molecule has 9 heteroatoms. The van der Waals surface area contributed by atoms with E-state index in [1.165, 1.54) is 27.0 Å². The number of rotatable bonds is 8. The highest BCUT2D eigenvalue weighted by Gasteiger charge is 2.48. The summed E-state index contributed by atoms with van der Waals surface area (Å²) in [6.45, 7) is 5.89. The molecule has 1 saturated heterocycles. The van der Waals surface area contributed by atoms with Gasteiger partial charge in [0.2, 0.25) is 5.91 Å². The first-order valence-electron chi connectivity index (χ1n) is 7.53. The van der Waals surface area contributed by atoms with Crippen molar-refractivity contribution in [2.75, 3.05) is 20.3 Å². The maximum atomic E-state index is 11.6. The summed E-state index contributed by atoms with van der Waals surface area (Å²) in [5.74, 6) is -1.04. The number of methoxy groups -OCH3 is 1. The molecule has 1 amide bonds. The largest absolute Gasteiger partial charge is 0.467 e. The molecular formula is C15H25NO8. The molecule has 1 heterocycles. The van der Waals surface area contributed by atoms with Crippen molar-refractivity contribution in [3.05, 3.63) is 12.7 Å². The van der Waals surface area contributed by atoms with Crippen LogP contribution in [0.5, 0.6) is 0 Å². The SMILES string of the molecule is C=CCO[C@H]1O[C@H](CO)[C@@H](O)[C@H](O[C@H](C)C(=O)OC)[C@H]1NC(C)=O. The Morgan fingerprint density at radius 2 is 2.12 bits per heavy atom. The fraction of sp³-hybridized carbons (Fsp3) is 0.733. The highest BCUT2D eigenvalue weighted by molar-refractivity contribution is 5.74. The van der Waals surface area contributed by atoms with E-state index in [9.17, 15) is 19.8 Å². The van der Waals surface area contributed by atoms with Crippen molar-refractivity contribution in [2.45, 2.75) is 50.6 Å². The van der Waals surface area contributed by atoms with Crippen molar-refractivity contribution >= 4 is 11.9 Å². The van der Waals surface area contributed by atoms with Crippen molar-refractivity contribution in [1.82, 2.24) is 5.32 Å². The normalized spacial score (nSPS) is 31.1. The highest BCUT2D eigenvalue weighted by Crippen LogP contribution is 2.25. The van der Waals surface area contributed by atoms with Crippen LogP contribution in [0, 0.1) is 0 Å². The number of carbonyl (C=O) groups is 2. The fourth-order valence-electron chi connectivity index (χ4n) is 2.38. The number of hydrogen-bond acceptors (Lipinski definition) is 8. The topological polar surface area (TPSA) is 124 Å². The number of aliphatic hydroxyl groups excluding tert-OH is 2. The van der Waals surface area contributed by atoms with Gasteiger partial charge in [0.1, 0.15) is 24.4 Å². The molecule has 0 aliphatic carbocycles. The maximum Gasteiger partial charge on any atom is 0.334 e. The summed E-state index contributed by atoms with van der Waals surface area (Å²) in [5, 5.41) is 22.3. The molecule has 24 heavy (non-hydrogen) atoms. The Hall–Kier alpha value is -1.52. The molecule has 6 atom stereocenters. The second-order valence-corrected chi connectivity index (χ2v) is 5.33. The molecule has 0 bridgehead atoms. The molecule has 0 saturated carbocycles. The molecule has 1 aliphatic rings. The zero-order valence-electron chi connectivity index (χ0n) is 14.0. The summed E-state index contributed by atoms with van der Waals surface area (Å²) in [6.07, 6.45) is -3.85. The third-order valence-corrected chi connectivity index (χ3v) is 3.50. The van der Waals surface area contributed by atoms with Gasteiger partial charge in [-0.05, 0) is 6.92 Å². The Balaban J connectivity index is 3.04. The number of aliphatic hydroxyl groups is 2. The molecule has 1 fully saturated rings. The average molecular weight is 347 g/mol. The molecule has 0 unspecified atom stereocenters. The molecule has 138 valence electrons. The Labute approximate surface area is 140 Å². The van der Waals surface area contributed by atoms with Crippen LogP contribution in [0.3, 0.4) is 0 Å². The minimum Gasteiger partial charge on any atom is -0.467 e. The van der Waals surface area contributed by atoms with E-state index in [0.29, 0.717) is 0 Å². The van der Waals surface area contributed by atoms with Gasteiger partial charge in [-0.2, -0.15) is 0 Å². The van der Waals surface area contributed by atoms with E-state index in [1.54, 1.807) is 0 Å². The lowest BCUT2D eigenvalue weighted by molar-refractivity contribution is -0.278. The van der Waals surface area contributed by atoms with Gasteiger partial charge in [0.15, 0.2) is 12.4 Å². The van der Waals surface area contributed by atoms with Crippen LogP contribution in [0.25, 0.3) is 0 Å². The van der Waals surface area contributed by atoms with Gasteiger partial charge >= 0.3 is 5.97 Å². The summed E-state index contributed by atoms with van der Waals surface area (Å²) in [5.41, 5.74) is 0. The van der Waals surface area contributed by atoms with Gasteiger partial charge in [0, 0.05) is 6.92 Å². The molecule has 0 aromatic rings. The van der Waals surface area contributed by atoms with Gasteiger partial charge in [-0.15, -0.1) is 6.58 Å². The molecule has 0 radical (unpaired) electrons. The number of hydrogen-bond donors (Lipinski definition) is 3. The van der Waals surface area contributed by atoms with Crippen LogP contribution < -0.4 is 5.32 Å². The molecule has 0 aromatic heterocycles. The lowest BCUT2D eigenvalue weighted by Crippen LogP contribution is -2.66. The lowest BCUT2D eigenvalue weighted by atomic mass is 9.96. The lowest BCUT2D eigenvalue weighted by Gasteiger charge is -2.44. The second kappa shape index (κ2) is 9.70. The molecule has 0 aromatic carbocycles. The summed E-state index contributed by atoms with van der Waals surface area (Å²) in [6, 6.07) is -0.896. The predicted molar refractivity (Wildman–Crippen MR) is 81.9 cm³/mol. The second-order valence-electron chi connectivity index (χ2n) is 5.33. The van der Waals surface area contributed by atoms with Crippen LogP contribution in [0.2, 0.25) is 0 Å². The van der Waals surface area contributed by atoms with Gasteiger partial charge in [-0.1, -0.05) is 6.08 Å². The molecule has 1 aliphatic heterocycles. The maximum absolute atomic E-state index is 11.6. The number of amides is 1. The van der Waals surface area contributed by atoms with E-state index in [1.807, 2.05) is 0 Å². The van der Waals surface area contributed by atoms with Gasteiger partial charge in [-0.3, -0.25) is 4.79 Å². The van der Waals surface area contributed by atoms with E-state index in [0.717, 1.165) is 0 Å². The van der Waals surface area contributed by atoms with Crippen LogP contribution in [-0.2, 0) is 28.5 Å². The first-order valence-corrected chi connectivity index (χ1v) is 7.53. The zero-order chi connectivity index (χ0) is 18.3. The molecule has 0 spiro atoms. The van der Waals surface area contributed by atoms with Gasteiger partial charge in [-0.25, -0.2) is 4.79 Å². The third kappa shape index (κ3) is 5.25. The molecule has 9 nitrogen and oxygen atoms in total. The molecule has 3 N–H and O–H groups in total. The smallest absolute Gasteiger partial charge is 0.334 e. The number of esters is 1. The van der Waals surface area contributed by atoms with E-state index in [4.69, 9.17) is 14.2 Å². The van der Waals surface area contributed by atoms with Gasteiger partial charge in [0.25, 0.3) is 0 Å². The summed E-state index contributed by atoms with van der Waals surface area (Å²) in [7, 11) is 1.21. The number of ether oxygens (including phenoxy) is 4. The first kappa shape index (κ1) is 20.5. The van der Waals surface area contributed by atoms with E-state index >= 15 is 0 Å². The average Bonchev–Trinajstić information content (AvgIpc) is 2.55. The van der Waals surface area contributed by atoms with Crippen molar-refractivity contribution < 1.29 is 38.7 Å². The Morgan fingerprint density at radius 3 is 2.62 bits per heavy atom. The van der Waals surface area contributed by atoms with E-state index < -0.39 is 55.2 Å². The number of carbonyl (C=O) groups excluding carboxylic acids is 2. The monoisotopic (exact) mass is 347 g/mol. The minimum atomic E-state index is -1.29. The van der Waals surface area contributed by atoms with Crippen LogP contribution in [-0.4, -0.2) is 79.2 Å². The third-order valence-electron chi connectivity index (χ3n) is 3.50. The first-order chi connectivity index (χ1) is 11.3. The van der Waals surface area contributed by atoms with Gasteiger partial charge < -0.3 is 34.5 Å². The van der Waals surface area contributed by atoms with Crippen molar-refractivity contribution in [3.8, 4) is 0 Å². The molecular weight excluding hydrogens is 322 g/mol. The zero-order valence-corrected chi connectivity index (χ0v) is 14.0. The van der Waals surface area contributed by atoms with Crippen LogP contribution in [0.1, 0.15) is 13.8 Å². The van der Waals surface area contributed by atoms with E-state index in [-0.39, 0.29) is 6.61 Å². The Bertz CT molecular complexity index is 443. The fourth-order valence-corrected chi connectivity index (χ4v) is 2.38. The standard InChI is InChI=1S/C15H25NO8/c1-5-6-22-15-11(16-9(3)18)13(12(19)10(7-17)24-15)23-8(2)14(20)21-4/h5,8,10-13,15,17,19H,1,6-7H2,2-4H3,(H,16,18)/t8-,10-,11-,12-,13-,15+/m1/s1. The predicted octanol–water partition coefficient (Wildman–Crippen LogP) is -1.28. The number of nitrogens with one attached hydrogen (secondary N) is 1. The summed E-state index contributed by atoms with van der Waals surface area (Å²) < 4.78 is 21.1. The Kier molecular flexibility index (Phi) is 8.29. The van der Waals surface area contributed by atoms with Crippen molar-refractivity contribution in [2.24, 2.45) is 0 Å². The molecule has 1 rings (SSSR count). The van der Waals surface area contributed by atoms with Crippen molar-refractivity contribution in [1.29, 1.82) is 0 Å². The minimum absolute atomic E-state index is 0.119. The van der Waals surface area contributed by atoms with Crippen LogP contribution in [0.4, 0.5) is 0 Å². The van der Waals surface area contributed by atoms with Gasteiger partial charge in [0.05, 0.1) is 20.3 Å². The highest BCUT2D eigenvalue weighted by atomic mass is 16.7. The van der Waals surface area contributed by atoms with Crippen LogP contribution >= 0.6 is 0 Å². The van der Waals surface area contributed by atoms with Crippen LogP contribution in [0.15, 0.2) is 12.7 Å².